The molecule has 2 N–H and O–H groups in total. The molecule has 0 aliphatic carbocycles. The maximum atomic E-state index is 11.6. The van der Waals surface area contributed by atoms with Crippen molar-refractivity contribution < 1.29 is 0 Å². The molecule has 1 heterocycles. The number of nitrogens with zero attached hydrogens (tertiary/aromatic N) is 1. The van der Waals surface area contributed by atoms with E-state index >= 15 is 0 Å². The van der Waals surface area contributed by atoms with Gasteiger partial charge in [0, 0.05) is 6.54 Å². The van der Waals surface area contributed by atoms with Crippen molar-refractivity contribution in [2.24, 2.45) is 0 Å². The molecule has 0 bridgehead atoms. The third kappa shape index (κ3) is 1.98. The Morgan fingerprint density at radius 2 is 2.20 bits per heavy atom. The SMILES string of the molecule is CCCNc1nc2ccccc2[nH]c1=O. The lowest BCUT2D eigenvalue weighted by atomic mass is 10.3. The average molecular weight is 203 g/mol. The molecule has 15 heavy (non-hydrogen) atoms. The van der Waals surface area contributed by atoms with E-state index in [0.29, 0.717) is 5.82 Å². The van der Waals surface area contributed by atoms with Crippen molar-refractivity contribution in [3.8, 4) is 0 Å². The highest BCUT2D eigenvalue weighted by atomic mass is 16.1. The summed E-state index contributed by atoms with van der Waals surface area (Å²) >= 11 is 0. The highest BCUT2D eigenvalue weighted by molar-refractivity contribution is 5.75. The molecule has 0 spiro atoms. The quantitative estimate of drug-likeness (QED) is 0.798. The molecule has 1 aromatic carbocycles. The summed E-state index contributed by atoms with van der Waals surface area (Å²) in [7, 11) is 0. The van der Waals surface area contributed by atoms with Gasteiger partial charge in [-0.15, -0.1) is 0 Å². The summed E-state index contributed by atoms with van der Waals surface area (Å²) < 4.78 is 0. The van der Waals surface area contributed by atoms with Gasteiger partial charge in [-0.25, -0.2) is 4.98 Å². The largest absolute Gasteiger partial charge is 0.365 e. The Morgan fingerprint density at radius 1 is 1.40 bits per heavy atom. The van der Waals surface area contributed by atoms with E-state index in [1.807, 2.05) is 31.2 Å². The Bertz CT molecular complexity index is 518. The molecule has 0 atom stereocenters. The topological polar surface area (TPSA) is 57.8 Å². The van der Waals surface area contributed by atoms with Crippen molar-refractivity contribution in [3.63, 3.8) is 0 Å². The number of hydrogen-bond donors (Lipinski definition) is 2. The molecular weight excluding hydrogens is 190 g/mol. The Kier molecular flexibility index (Phi) is 2.67. The van der Waals surface area contributed by atoms with Gasteiger partial charge in [-0.2, -0.15) is 0 Å². The van der Waals surface area contributed by atoms with Crippen LogP contribution in [0.1, 0.15) is 13.3 Å². The van der Waals surface area contributed by atoms with Crippen LogP contribution >= 0.6 is 0 Å². The highest BCUT2D eigenvalue weighted by Gasteiger charge is 2.02. The minimum atomic E-state index is -0.165. The first-order valence-corrected chi connectivity index (χ1v) is 5.04. The first-order chi connectivity index (χ1) is 7.31. The maximum absolute atomic E-state index is 11.6. The van der Waals surface area contributed by atoms with Gasteiger partial charge in [0.25, 0.3) is 5.56 Å². The monoisotopic (exact) mass is 203 g/mol. The Balaban J connectivity index is 2.48. The fourth-order valence-electron chi connectivity index (χ4n) is 1.39. The Hall–Kier alpha value is -1.84. The van der Waals surface area contributed by atoms with Gasteiger partial charge in [0.1, 0.15) is 0 Å². The van der Waals surface area contributed by atoms with Crippen LogP contribution < -0.4 is 10.9 Å². The van der Waals surface area contributed by atoms with Crippen LogP contribution in [0.5, 0.6) is 0 Å². The first-order valence-electron chi connectivity index (χ1n) is 5.04. The first kappa shape index (κ1) is 9.71. The number of para-hydroxylation sites is 2. The number of fused-ring (bicyclic) bond motifs is 1. The summed E-state index contributed by atoms with van der Waals surface area (Å²) in [5, 5.41) is 3.00. The van der Waals surface area contributed by atoms with Crippen molar-refractivity contribution >= 4 is 16.9 Å². The molecule has 0 aliphatic rings. The van der Waals surface area contributed by atoms with Gasteiger partial charge in [0.05, 0.1) is 11.0 Å². The van der Waals surface area contributed by atoms with E-state index in [1.165, 1.54) is 0 Å². The fraction of sp³-hybridized carbons (Fsp3) is 0.273. The normalized spacial score (nSPS) is 10.5. The van der Waals surface area contributed by atoms with Gasteiger partial charge in [-0.3, -0.25) is 4.79 Å². The summed E-state index contributed by atoms with van der Waals surface area (Å²) in [6, 6.07) is 7.49. The standard InChI is InChI=1S/C11H13N3O/c1-2-7-12-10-11(15)14-9-6-4-3-5-8(9)13-10/h3-6H,2,7H2,1H3,(H,12,13)(H,14,15). The summed E-state index contributed by atoms with van der Waals surface area (Å²) in [6.45, 7) is 2.80. The molecule has 0 amide bonds. The average Bonchev–Trinajstić information content (AvgIpc) is 2.26. The number of aromatic amines is 1. The van der Waals surface area contributed by atoms with E-state index < -0.39 is 0 Å². The van der Waals surface area contributed by atoms with Crippen molar-refractivity contribution in [3.05, 3.63) is 34.6 Å². The summed E-state index contributed by atoms with van der Waals surface area (Å²) in [5.41, 5.74) is 1.41. The van der Waals surface area contributed by atoms with Gasteiger partial charge in [0.15, 0.2) is 5.82 Å². The lowest BCUT2D eigenvalue weighted by molar-refractivity contribution is 0.964. The van der Waals surface area contributed by atoms with Crippen LogP contribution in [0.2, 0.25) is 0 Å². The van der Waals surface area contributed by atoms with Crippen LogP contribution in [0.3, 0.4) is 0 Å². The van der Waals surface area contributed by atoms with Crippen molar-refractivity contribution in [1.82, 2.24) is 9.97 Å². The molecule has 0 fully saturated rings. The molecule has 2 aromatic rings. The zero-order valence-electron chi connectivity index (χ0n) is 8.58. The van der Waals surface area contributed by atoms with E-state index in [4.69, 9.17) is 0 Å². The number of nitrogens with one attached hydrogen (secondary N) is 2. The molecular formula is C11H13N3O. The molecule has 1 aromatic heterocycles. The van der Waals surface area contributed by atoms with Crippen LogP contribution in [-0.4, -0.2) is 16.5 Å². The summed E-state index contributed by atoms with van der Waals surface area (Å²) in [5.74, 6) is 0.399. The summed E-state index contributed by atoms with van der Waals surface area (Å²) in [6.07, 6.45) is 0.966. The van der Waals surface area contributed by atoms with Crippen LogP contribution in [0.4, 0.5) is 5.82 Å². The molecule has 0 saturated carbocycles. The number of aromatic nitrogens is 2. The molecule has 4 nitrogen and oxygen atoms in total. The van der Waals surface area contributed by atoms with Gasteiger partial charge >= 0.3 is 0 Å². The predicted molar refractivity (Wildman–Crippen MR) is 61.1 cm³/mol. The predicted octanol–water partition coefficient (Wildman–Crippen LogP) is 1.74. The fourth-order valence-corrected chi connectivity index (χ4v) is 1.39. The highest BCUT2D eigenvalue weighted by Crippen LogP contribution is 2.07. The third-order valence-corrected chi connectivity index (χ3v) is 2.14. The van der Waals surface area contributed by atoms with Crippen molar-refractivity contribution in [1.29, 1.82) is 0 Å². The van der Waals surface area contributed by atoms with Crippen LogP contribution in [0.15, 0.2) is 29.1 Å². The second kappa shape index (κ2) is 4.13. The number of hydrogen-bond acceptors (Lipinski definition) is 3. The second-order valence-electron chi connectivity index (χ2n) is 3.36. The van der Waals surface area contributed by atoms with Crippen molar-refractivity contribution in [2.75, 3.05) is 11.9 Å². The minimum absolute atomic E-state index is 0.165. The van der Waals surface area contributed by atoms with Crippen molar-refractivity contribution in [2.45, 2.75) is 13.3 Å². The van der Waals surface area contributed by atoms with Gasteiger partial charge < -0.3 is 10.3 Å². The van der Waals surface area contributed by atoms with Crippen LogP contribution in [0.25, 0.3) is 11.0 Å². The van der Waals surface area contributed by atoms with Gasteiger partial charge in [-0.05, 0) is 18.6 Å². The van der Waals surface area contributed by atoms with Gasteiger partial charge in [-0.1, -0.05) is 19.1 Å². The lowest BCUT2D eigenvalue weighted by Gasteiger charge is -2.03. The van der Waals surface area contributed by atoms with E-state index in [0.717, 1.165) is 24.0 Å². The number of benzene rings is 1. The zero-order chi connectivity index (χ0) is 10.7. The number of anilines is 1. The minimum Gasteiger partial charge on any atom is -0.365 e. The molecule has 0 unspecified atom stereocenters. The molecule has 2 rings (SSSR count). The second-order valence-corrected chi connectivity index (χ2v) is 3.36. The Morgan fingerprint density at radius 3 is 3.00 bits per heavy atom. The van der Waals surface area contributed by atoms with E-state index in [1.54, 1.807) is 0 Å². The smallest absolute Gasteiger partial charge is 0.291 e. The zero-order valence-corrected chi connectivity index (χ0v) is 8.58. The Labute approximate surface area is 87.4 Å². The molecule has 78 valence electrons. The molecule has 0 radical (unpaired) electrons. The van der Waals surface area contributed by atoms with E-state index in [2.05, 4.69) is 15.3 Å². The third-order valence-electron chi connectivity index (χ3n) is 2.14. The van der Waals surface area contributed by atoms with Gasteiger partial charge in [0.2, 0.25) is 0 Å². The summed E-state index contributed by atoms with van der Waals surface area (Å²) in [4.78, 5) is 18.6. The molecule has 4 heteroatoms. The molecule has 0 aliphatic heterocycles. The molecule has 0 saturated heterocycles. The van der Waals surface area contributed by atoms with E-state index in [-0.39, 0.29) is 5.56 Å². The lowest BCUT2D eigenvalue weighted by Crippen LogP contribution is -2.16. The number of H-pyrrole nitrogens is 1. The van der Waals surface area contributed by atoms with Crippen LogP contribution in [0, 0.1) is 0 Å². The number of rotatable bonds is 3. The maximum Gasteiger partial charge on any atom is 0.291 e. The van der Waals surface area contributed by atoms with E-state index in [9.17, 15) is 4.79 Å². The van der Waals surface area contributed by atoms with Crippen LogP contribution in [-0.2, 0) is 0 Å².